The van der Waals surface area contributed by atoms with Gasteiger partial charge in [-0.3, -0.25) is 4.79 Å². The quantitative estimate of drug-likeness (QED) is 0.640. The van der Waals surface area contributed by atoms with Crippen LogP contribution in [0.2, 0.25) is 5.02 Å². The summed E-state index contributed by atoms with van der Waals surface area (Å²) in [6, 6.07) is 8.33. The number of nitrogens with zero attached hydrogens (tertiary/aromatic N) is 3. The van der Waals surface area contributed by atoms with Gasteiger partial charge >= 0.3 is 0 Å². The average molecular weight is 457 g/mol. The predicted octanol–water partition coefficient (Wildman–Crippen LogP) is 4.70. The Kier molecular flexibility index (Phi) is 6.57. The lowest BCUT2D eigenvalue weighted by Gasteiger charge is -2.22. The number of carbonyl (C=O) groups is 1. The molecule has 2 atom stereocenters. The van der Waals surface area contributed by atoms with Gasteiger partial charge in [0.2, 0.25) is 0 Å². The van der Waals surface area contributed by atoms with E-state index in [1.165, 1.54) is 0 Å². The Hall–Kier alpha value is -2.07. The van der Waals surface area contributed by atoms with E-state index in [1.807, 2.05) is 37.8 Å². The Morgan fingerprint density at radius 3 is 2.55 bits per heavy atom. The van der Waals surface area contributed by atoms with E-state index >= 15 is 0 Å². The molecule has 7 heteroatoms. The van der Waals surface area contributed by atoms with Crippen molar-refractivity contribution < 1.29 is 4.79 Å². The molecule has 2 unspecified atom stereocenters. The third kappa shape index (κ3) is 4.59. The number of halogens is 1. The molecule has 5 nitrogen and oxygen atoms in total. The van der Waals surface area contributed by atoms with Crippen molar-refractivity contribution in [1.29, 1.82) is 5.26 Å². The van der Waals surface area contributed by atoms with Gasteiger partial charge in [0.25, 0.3) is 5.91 Å². The summed E-state index contributed by atoms with van der Waals surface area (Å²) >= 11 is 7.74. The molecule has 0 aliphatic carbocycles. The van der Waals surface area contributed by atoms with Gasteiger partial charge in [-0.25, -0.2) is 0 Å². The molecule has 2 aliphatic rings. The summed E-state index contributed by atoms with van der Waals surface area (Å²) in [7, 11) is 0. The first-order valence-corrected chi connectivity index (χ1v) is 12.1. The highest BCUT2D eigenvalue weighted by Crippen LogP contribution is 2.34. The fourth-order valence-corrected chi connectivity index (χ4v) is 6.09. The predicted molar refractivity (Wildman–Crippen MR) is 127 cm³/mol. The minimum atomic E-state index is 0.0420. The number of amides is 1. The number of anilines is 1. The van der Waals surface area contributed by atoms with Gasteiger partial charge in [-0.1, -0.05) is 17.7 Å². The summed E-state index contributed by atoms with van der Waals surface area (Å²) in [5.41, 5.74) is 3.35. The first-order valence-electron chi connectivity index (χ1n) is 10.9. The van der Waals surface area contributed by atoms with Gasteiger partial charge in [-0.15, -0.1) is 11.3 Å². The lowest BCUT2D eigenvalue weighted by atomic mass is 10.0. The lowest BCUT2D eigenvalue weighted by Crippen LogP contribution is -2.34. The van der Waals surface area contributed by atoms with Gasteiger partial charge in [-0.05, 0) is 63.3 Å². The highest BCUT2D eigenvalue weighted by atomic mass is 35.5. The second kappa shape index (κ2) is 9.20. The van der Waals surface area contributed by atoms with Gasteiger partial charge in [-0.2, -0.15) is 5.26 Å². The van der Waals surface area contributed by atoms with Crippen molar-refractivity contribution >= 4 is 34.5 Å². The van der Waals surface area contributed by atoms with Gasteiger partial charge in [0, 0.05) is 53.2 Å². The zero-order chi connectivity index (χ0) is 22.1. The number of aryl methyl sites for hydroxylation is 3. The molecule has 1 amide bonds. The Morgan fingerprint density at radius 2 is 1.90 bits per heavy atom. The first kappa shape index (κ1) is 22.1. The van der Waals surface area contributed by atoms with E-state index in [1.54, 1.807) is 11.3 Å². The van der Waals surface area contributed by atoms with Crippen molar-refractivity contribution in [1.82, 2.24) is 9.80 Å². The second-order valence-electron chi connectivity index (χ2n) is 8.81. The molecule has 164 valence electrons. The third-order valence-corrected chi connectivity index (χ3v) is 8.01. The first-order chi connectivity index (χ1) is 14.9. The number of nitriles is 1. The molecule has 3 heterocycles. The van der Waals surface area contributed by atoms with E-state index in [0.717, 1.165) is 71.7 Å². The fourth-order valence-electron chi connectivity index (χ4n) is 4.91. The van der Waals surface area contributed by atoms with E-state index in [-0.39, 0.29) is 5.91 Å². The number of likely N-dealkylation sites (tertiary alicyclic amines) is 2. The number of hydrogen-bond acceptors (Lipinski definition) is 5. The third-order valence-electron chi connectivity index (χ3n) is 6.59. The van der Waals surface area contributed by atoms with Crippen LogP contribution in [0.1, 0.15) is 37.7 Å². The van der Waals surface area contributed by atoms with Crippen molar-refractivity contribution in [2.24, 2.45) is 11.8 Å². The van der Waals surface area contributed by atoms with Crippen LogP contribution in [0.3, 0.4) is 0 Å². The van der Waals surface area contributed by atoms with Gasteiger partial charge in [0.05, 0.1) is 11.1 Å². The van der Waals surface area contributed by atoms with Crippen LogP contribution in [0.5, 0.6) is 0 Å². The standard InChI is InChI=1S/C24H29ClN4OS/c1-15-5-6-20(9-22(15)25)27-7-4-8-28-11-18-13-29(14-19(18)12-28)24(30)23-17(3)31-16(2)21(23)10-26/h5-6,9,18-19,27H,4,7-8,11-14H2,1-3H3. The molecule has 2 fully saturated rings. The number of rotatable bonds is 6. The van der Waals surface area contributed by atoms with Crippen LogP contribution in [0, 0.1) is 43.9 Å². The zero-order valence-electron chi connectivity index (χ0n) is 18.4. The zero-order valence-corrected chi connectivity index (χ0v) is 19.9. The highest BCUT2D eigenvalue weighted by molar-refractivity contribution is 7.12. The Morgan fingerprint density at radius 1 is 1.19 bits per heavy atom. The molecule has 1 aromatic heterocycles. The monoisotopic (exact) mass is 456 g/mol. The van der Waals surface area contributed by atoms with Crippen molar-refractivity contribution in [3.8, 4) is 6.07 Å². The van der Waals surface area contributed by atoms with Crippen LogP contribution in [-0.2, 0) is 0 Å². The number of thiophene rings is 1. The Balaban J connectivity index is 1.24. The van der Waals surface area contributed by atoms with Gasteiger partial charge < -0.3 is 15.1 Å². The number of benzene rings is 1. The normalized spacial score (nSPS) is 20.7. The van der Waals surface area contributed by atoms with Crippen LogP contribution >= 0.6 is 22.9 Å². The second-order valence-corrected chi connectivity index (χ2v) is 10.6. The van der Waals surface area contributed by atoms with Crippen LogP contribution in [0.15, 0.2) is 18.2 Å². The maximum absolute atomic E-state index is 13.1. The van der Waals surface area contributed by atoms with Crippen molar-refractivity contribution in [2.45, 2.75) is 27.2 Å². The molecule has 0 bridgehead atoms. The van der Waals surface area contributed by atoms with Crippen LogP contribution in [-0.4, -0.2) is 55.0 Å². The number of nitrogens with one attached hydrogen (secondary N) is 1. The fraction of sp³-hybridized carbons (Fsp3) is 0.500. The molecule has 0 spiro atoms. The summed E-state index contributed by atoms with van der Waals surface area (Å²) in [6.45, 7) is 11.6. The summed E-state index contributed by atoms with van der Waals surface area (Å²) in [5, 5.41) is 13.7. The van der Waals surface area contributed by atoms with Crippen molar-refractivity contribution in [3.05, 3.63) is 49.7 Å². The molecule has 2 aliphatic heterocycles. The van der Waals surface area contributed by atoms with Gasteiger partial charge in [0.15, 0.2) is 0 Å². The number of fused-ring (bicyclic) bond motifs is 1. The van der Waals surface area contributed by atoms with E-state index in [9.17, 15) is 10.1 Å². The molecule has 2 saturated heterocycles. The SMILES string of the molecule is Cc1ccc(NCCCN2CC3CN(C(=O)c4c(C)sc(C)c4C#N)CC3C2)cc1Cl. The minimum Gasteiger partial charge on any atom is -0.385 e. The summed E-state index contributed by atoms with van der Waals surface area (Å²) < 4.78 is 0. The van der Waals surface area contributed by atoms with E-state index < -0.39 is 0 Å². The summed E-state index contributed by atoms with van der Waals surface area (Å²) in [6.07, 6.45) is 1.08. The minimum absolute atomic E-state index is 0.0420. The molecule has 1 N–H and O–H groups in total. The number of hydrogen-bond donors (Lipinski definition) is 1. The highest BCUT2D eigenvalue weighted by Gasteiger charge is 2.42. The molecule has 31 heavy (non-hydrogen) atoms. The van der Waals surface area contributed by atoms with E-state index in [2.05, 4.69) is 22.4 Å². The van der Waals surface area contributed by atoms with E-state index in [0.29, 0.717) is 23.0 Å². The van der Waals surface area contributed by atoms with Crippen molar-refractivity contribution in [2.75, 3.05) is 44.6 Å². The summed E-state index contributed by atoms with van der Waals surface area (Å²) in [5.74, 6) is 1.12. The largest absolute Gasteiger partial charge is 0.385 e. The van der Waals surface area contributed by atoms with Gasteiger partial charge in [0.1, 0.15) is 6.07 Å². The molecule has 0 saturated carbocycles. The molecule has 4 rings (SSSR count). The Labute approximate surface area is 193 Å². The Bertz CT molecular complexity index is 1010. The molecular weight excluding hydrogens is 428 g/mol. The smallest absolute Gasteiger partial charge is 0.256 e. The lowest BCUT2D eigenvalue weighted by molar-refractivity contribution is 0.0773. The van der Waals surface area contributed by atoms with Crippen LogP contribution < -0.4 is 5.32 Å². The number of carbonyl (C=O) groups excluding carboxylic acids is 1. The molecular formula is C24H29ClN4OS. The maximum atomic E-state index is 13.1. The topological polar surface area (TPSA) is 59.4 Å². The molecule has 2 aromatic rings. The van der Waals surface area contributed by atoms with Crippen molar-refractivity contribution in [3.63, 3.8) is 0 Å². The molecule has 1 aromatic carbocycles. The average Bonchev–Trinajstić information content (AvgIpc) is 3.38. The molecule has 0 radical (unpaired) electrons. The van der Waals surface area contributed by atoms with Crippen LogP contribution in [0.4, 0.5) is 5.69 Å². The van der Waals surface area contributed by atoms with E-state index in [4.69, 9.17) is 11.6 Å². The summed E-state index contributed by atoms with van der Waals surface area (Å²) in [4.78, 5) is 19.5. The van der Waals surface area contributed by atoms with Crippen LogP contribution in [0.25, 0.3) is 0 Å². The maximum Gasteiger partial charge on any atom is 0.256 e.